The lowest BCUT2D eigenvalue weighted by Crippen LogP contribution is -2.37. The summed E-state index contributed by atoms with van der Waals surface area (Å²) in [6, 6.07) is 0.133. The van der Waals surface area contributed by atoms with Crippen LogP contribution in [0.25, 0.3) is 0 Å². The minimum absolute atomic E-state index is 0.589. The van der Waals surface area contributed by atoms with Gasteiger partial charge in [0.05, 0.1) is 5.69 Å². The summed E-state index contributed by atoms with van der Waals surface area (Å²) >= 11 is 0. The van der Waals surface area contributed by atoms with Crippen molar-refractivity contribution in [1.29, 1.82) is 0 Å². The molecule has 0 radical (unpaired) electrons. The van der Waals surface area contributed by atoms with Crippen molar-refractivity contribution in [1.82, 2.24) is 5.32 Å². The van der Waals surface area contributed by atoms with Gasteiger partial charge in [-0.3, -0.25) is 10.1 Å². The van der Waals surface area contributed by atoms with Crippen LogP contribution >= 0.6 is 0 Å². The molecule has 7 nitrogen and oxygen atoms in total. The highest BCUT2D eigenvalue weighted by Crippen LogP contribution is 2.19. The third-order valence-corrected chi connectivity index (χ3v) is 2.00. The second-order valence-corrected chi connectivity index (χ2v) is 3.61. The Labute approximate surface area is 115 Å². The Hall–Kier alpha value is -2.62. The van der Waals surface area contributed by atoms with Gasteiger partial charge in [0.15, 0.2) is 17.5 Å². The van der Waals surface area contributed by atoms with Crippen LogP contribution in [0.4, 0.5) is 23.7 Å². The van der Waals surface area contributed by atoms with Gasteiger partial charge in [0.25, 0.3) is 5.91 Å². The normalized spacial score (nSPS) is 10.0. The van der Waals surface area contributed by atoms with Crippen LogP contribution in [0.1, 0.15) is 0 Å². The summed E-state index contributed by atoms with van der Waals surface area (Å²) in [6.45, 7) is -1.47. The zero-order chi connectivity index (χ0) is 16.0. The van der Waals surface area contributed by atoms with Gasteiger partial charge in [0, 0.05) is 0 Å². The first-order chi connectivity index (χ1) is 9.81. The highest BCUT2D eigenvalue weighted by molar-refractivity contribution is 6.01. The van der Waals surface area contributed by atoms with Crippen molar-refractivity contribution in [3.63, 3.8) is 0 Å². The molecule has 0 aliphatic rings. The first-order valence-electron chi connectivity index (χ1n) is 5.35. The number of hydrogen-bond donors (Lipinski definition) is 3. The summed E-state index contributed by atoms with van der Waals surface area (Å²) in [7, 11) is 0. The van der Waals surface area contributed by atoms with E-state index in [2.05, 4.69) is 4.74 Å². The van der Waals surface area contributed by atoms with E-state index in [1.807, 2.05) is 0 Å². The molecule has 0 aliphatic carbocycles. The number of aliphatic carboxylic acids is 1. The number of imide groups is 1. The van der Waals surface area contributed by atoms with Gasteiger partial charge in [-0.05, 0) is 12.1 Å². The van der Waals surface area contributed by atoms with Crippen LogP contribution in [0.2, 0.25) is 0 Å². The lowest BCUT2D eigenvalue weighted by Gasteiger charge is -2.08. The fourth-order valence-corrected chi connectivity index (χ4v) is 1.17. The number of benzene rings is 1. The molecule has 3 amide bonds. The van der Waals surface area contributed by atoms with E-state index in [1.54, 1.807) is 10.6 Å². The Morgan fingerprint density at radius 3 is 2.38 bits per heavy atom. The smallest absolute Gasteiger partial charge is 0.329 e. The van der Waals surface area contributed by atoms with E-state index in [0.29, 0.717) is 6.07 Å². The molecule has 21 heavy (non-hydrogen) atoms. The fourth-order valence-electron chi connectivity index (χ4n) is 1.17. The predicted molar refractivity (Wildman–Crippen MR) is 61.9 cm³/mol. The maximum atomic E-state index is 13.2. The molecule has 0 saturated heterocycles. The monoisotopic (exact) mass is 306 g/mol. The number of urea groups is 1. The van der Waals surface area contributed by atoms with Crippen molar-refractivity contribution in [2.45, 2.75) is 0 Å². The van der Waals surface area contributed by atoms with E-state index in [1.165, 1.54) is 0 Å². The van der Waals surface area contributed by atoms with Crippen molar-refractivity contribution in [3.05, 3.63) is 29.6 Å². The summed E-state index contributed by atoms with van der Waals surface area (Å²) in [5.41, 5.74) is -0.675. The number of hydrogen-bond acceptors (Lipinski definition) is 4. The molecule has 0 bridgehead atoms. The molecule has 0 aromatic heterocycles. The van der Waals surface area contributed by atoms with Gasteiger partial charge in [0.1, 0.15) is 13.2 Å². The van der Waals surface area contributed by atoms with Gasteiger partial charge in [-0.25, -0.2) is 22.8 Å². The number of carboxylic acid groups (broad SMARTS) is 1. The predicted octanol–water partition coefficient (Wildman–Crippen LogP) is 0.853. The fraction of sp³-hybridized carbons (Fsp3) is 0.182. The van der Waals surface area contributed by atoms with Gasteiger partial charge < -0.3 is 15.2 Å². The average Bonchev–Trinajstić information content (AvgIpc) is 2.39. The van der Waals surface area contributed by atoms with Crippen LogP contribution in [0.5, 0.6) is 0 Å². The molecular weight excluding hydrogens is 297 g/mol. The van der Waals surface area contributed by atoms with Crippen molar-refractivity contribution >= 4 is 23.6 Å². The van der Waals surface area contributed by atoms with Crippen LogP contribution in [0, 0.1) is 17.5 Å². The number of carboxylic acids is 1. The van der Waals surface area contributed by atoms with E-state index >= 15 is 0 Å². The Morgan fingerprint density at radius 2 is 1.76 bits per heavy atom. The van der Waals surface area contributed by atoms with Crippen molar-refractivity contribution in [2.75, 3.05) is 18.5 Å². The molecule has 0 aliphatic heterocycles. The molecule has 0 spiro atoms. The second kappa shape index (κ2) is 7.24. The number of carbonyl (C=O) groups excluding carboxylic acids is 2. The summed E-state index contributed by atoms with van der Waals surface area (Å²) in [6.07, 6.45) is 0. The molecule has 114 valence electrons. The SMILES string of the molecule is O=C(O)COCC(=O)NC(=O)Nc1ccc(F)c(F)c1F. The van der Waals surface area contributed by atoms with Gasteiger partial charge in [0.2, 0.25) is 0 Å². The standard InChI is InChI=1S/C11H9F3N2O5/c12-5-1-2-6(10(14)9(5)13)15-11(20)16-7(17)3-21-4-8(18)19/h1-2H,3-4H2,(H,18,19)(H2,15,16,17,20). The number of nitrogens with one attached hydrogen (secondary N) is 2. The maximum absolute atomic E-state index is 13.2. The minimum atomic E-state index is -1.77. The molecule has 3 N–H and O–H groups in total. The topological polar surface area (TPSA) is 105 Å². The molecule has 0 saturated carbocycles. The summed E-state index contributed by atoms with van der Waals surface area (Å²) in [5, 5.41) is 11.7. The van der Waals surface area contributed by atoms with Crippen molar-refractivity contribution < 1.29 is 37.4 Å². The number of rotatable bonds is 5. The van der Waals surface area contributed by atoms with E-state index in [-0.39, 0.29) is 0 Å². The number of ether oxygens (including phenoxy) is 1. The molecule has 1 aromatic carbocycles. The van der Waals surface area contributed by atoms with Crippen LogP contribution in [0.15, 0.2) is 12.1 Å². The first-order valence-corrected chi connectivity index (χ1v) is 5.35. The Bertz CT molecular complexity index is 579. The van der Waals surface area contributed by atoms with Crippen LogP contribution < -0.4 is 10.6 Å². The largest absolute Gasteiger partial charge is 0.480 e. The lowest BCUT2D eigenvalue weighted by atomic mass is 10.3. The number of halogens is 3. The number of amides is 3. The van der Waals surface area contributed by atoms with E-state index in [9.17, 15) is 27.6 Å². The van der Waals surface area contributed by atoms with E-state index in [0.717, 1.165) is 6.07 Å². The van der Waals surface area contributed by atoms with Gasteiger partial charge in [-0.15, -0.1) is 0 Å². The van der Waals surface area contributed by atoms with Gasteiger partial charge in [-0.2, -0.15) is 0 Å². The van der Waals surface area contributed by atoms with Crippen LogP contribution in [-0.2, 0) is 14.3 Å². The Morgan fingerprint density at radius 1 is 1.10 bits per heavy atom. The van der Waals surface area contributed by atoms with Crippen molar-refractivity contribution in [3.8, 4) is 0 Å². The van der Waals surface area contributed by atoms with Crippen molar-refractivity contribution in [2.24, 2.45) is 0 Å². The molecular formula is C11H9F3N2O5. The van der Waals surface area contributed by atoms with E-state index in [4.69, 9.17) is 5.11 Å². The van der Waals surface area contributed by atoms with Crippen LogP contribution in [-0.4, -0.2) is 36.2 Å². The Kier molecular flexibility index (Phi) is 5.67. The average molecular weight is 306 g/mol. The zero-order valence-corrected chi connectivity index (χ0v) is 10.3. The molecule has 0 unspecified atom stereocenters. The lowest BCUT2D eigenvalue weighted by molar-refractivity contribution is -0.143. The summed E-state index contributed by atoms with van der Waals surface area (Å²) in [5.74, 6) is -7.15. The van der Waals surface area contributed by atoms with Gasteiger partial charge in [-0.1, -0.05) is 0 Å². The zero-order valence-electron chi connectivity index (χ0n) is 10.3. The molecule has 0 heterocycles. The van der Waals surface area contributed by atoms with Crippen LogP contribution in [0.3, 0.4) is 0 Å². The molecule has 0 fully saturated rings. The molecule has 0 atom stereocenters. The summed E-state index contributed by atoms with van der Waals surface area (Å²) in [4.78, 5) is 32.5. The maximum Gasteiger partial charge on any atom is 0.329 e. The Balaban J connectivity index is 2.52. The number of anilines is 1. The molecule has 1 aromatic rings. The third-order valence-electron chi connectivity index (χ3n) is 2.00. The quantitative estimate of drug-likeness (QED) is 0.700. The first kappa shape index (κ1) is 16.4. The van der Waals surface area contributed by atoms with E-state index < -0.39 is 54.3 Å². The third kappa shape index (κ3) is 5.10. The molecule has 10 heteroatoms. The molecule has 1 rings (SSSR count). The minimum Gasteiger partial charge on any atom is -0.480 e. The number of carbonyl (C=O) groups is 3. The van der Waals surface area contributed by atoms with Gasteiger partial charge >= 0.3 is 12.0 Å². The summed E-state index contributed by atoms with van der Waals surface area (Å²) < 4.78 is 43.1. The highest BCUT2D eigenvalue weighted by Gasteiger charge is 2.16. The second-order valence-electron chi connectivity index (χ2n) is 3.61. The highest BCUT2D eigenvalue weighted by atomic mass is 19.2.